The van der Waals surface area contributed by atoms with Crippen LogP contribution in [0.5, 0.6) is 5.75 Å². The van der Waals surface area contributed by atoms with E-state index in [-0.39, 0.29) is 0 Å². The molecular formula is C25H28ClN7O. The molecule has 2 aliphatic rings. The second kappa shape index (κ2) is 10.7. The van der Waals surface area contributed by atoms with Crippen molar-refractivity contribution in [3.05, 3.63) is 64.7 Å². The lowest BCUT2D eigenvalue weighted by atomic mass is 10.2. The van der Waals surface area contributed by atoms with E-state index in [4.69, 9.17) is 21.3 Å². The molecule has 0 bridgehead atoms. The third-order valence-corrected chi connectivity index (χ3v) is 6.35. The lowest BCUT2D eigenvalue weighted by Crippen LogP contribution is -2.25. The van der Waals surface area contributed by atoms with Crippen LogP contribution in [0.1, 0.15) is 36.8 Å². The number of hydrogen-bond acceptors (Lipinski definition) is 8. The Hall–Kier alpha value is -3.39. The molecule has 2 aromatic carbocycles. The van der Waals surface area contributed by atoms with Crippen LogP contribution in [0, 0.1) is 0 Å². The molecule has 0 radical (unpaired) electrons. The van der Waals surface area contributed by atoms with Crippen LogP contribution in [-0.2, 0) is 6.61 Å². The molecule has 0 unspecified atom stereocenters. The molecule has 3 aromatic rings. The summed E-state index contributed by atoms with van der Waals surface area (Å²) in [7, 11) is 0. The van der Waals surface area contributed by atoms with E-state index < -0.39 is 0 Å². The highest BCUT2D eigenvalue weighted by Gasteiger charge is 2.21. The van der Waals surface area contributed by atoms with E-state index in [1.165, 1.54) is 25.7 Å². The van der Waals surface area contributed by atoms with E-state index in [1.807, 2.05) is 48.5 Å². The number of hydrazone groups is 1. The number of hydrogen-bond donors (Lipinski definition) is 1. The number of halogens is 1. The highest BCUT2D eigenvalue weighted by molar-refractivity contribution is 6.31. The van der Waals surface area contributed by atoms with Crippen LogP contribution in [-0.4, -0.2) is 47.3 Å². The lowest BCUT2D eigenvalue weighted by Gasteiger charge is -2.20. The van der Waals surface area contributed by atoms with Crippen molar-refractivity contribution in [2.45, 2.75) is 32.3 Å². The molecule has 2 saturated heterocycles. The van der Waals surface area contributed by atoms with Crippen LogP contribution in [0.2, 0.25) is 5.02 Å². The molecule has 0 atom stereocenters. The SMILES string of the molecule is Clc1ccccc1COc1cccc(/C=N/Nc2nc(N3CCCC3)nc(N3CCCC3)n2)c1. The Morgan fingerprint density at radius 1 is 0.882 bits per heavy atom. The summed E-state index contributed by atoms with van der Waals surface area (Å²) in [5.74, 6) is 2.65. The summed E-state index contributed by atoms with van der Waals surface area (Å²) in [4.78, 5) is 18.4. The van der Waals surface area contributed by atoms with Gasteiger partial charge in [-0.3, -0.25) is 0 Å². The first-order valence-corrected chi connectivity index (χ1v) is 12.1. The molecule has 0 saturated carbocycles. The fourth-order valence-electron chi connectivity index (χ4n) is 4.15. The molecule has 0 spiro atoms. The first-order valence-electron chi connectivity index (χ1n) is 11.8. The molecule has 34 heavy (non-hydrogen) atoms. The molecular weight excluding hydrogens is 450 g/mol. The molecule has 176 valence electrons. The van der Waals surface area contributed by atoms with Crippen LogP contribution in [0.4, 0.5) is 17.8 Å². The molecule has 8 nitrogen and oxygen atoms in total. The van der Waals surface area contributed by atoms with Crippen LogP contribution < -0.4 is 20.0 Å². The first kappa shape index (κ1) is 22.4. The number of ether oxygens (including phenoxy) is 1. The summed E-state index contributed by atoms with van der Waals surface area (Å²) in [6, 6.07) is 15.4. The molecule has 0 amide bonds. The topological polar surface area (TPSA) is 78.8 Å². The van der Waals surface area contributed by atoms with E-state index in [2.05, 4.69) is 30.3 Å². The smallest absolute Gasteiger partial charge is 0.250 e. The van der Waals surface area contributed by atoms with Crippen LogP contribution in [0.25, 0.3) is 0 Å². The molecule has 2 aliphatic heterocycles. The second-order valence-electron chi connectivity index (χ2n) is 8.47. The summed E-state index contributed by atoms with van der Waals surface area (Å²) >= 11 is 6.22. The Balaban J connectivity index is 1.27. The van der Waals surface area contributed by atoms with Gasteiger partial charge in [-0.1, -0.05) is 41.9 Å². The first-order chi connectivity index (χ1) is 16.7. The van der Waals surface area contributed by atoms with Gasteiger partial charge in [-0.2, -0.15) is 20.1 Å². The Bertz CT molecular complexity index is 1110. The Labute approximate surface area is 204 Å². The minimum Gasteiger partial charge on any atom is -0.489 e. The highest BCUT2D eigenvalue weighted by atomic mass is 35.5. The Morgan fingerprint density at radius 2 is 1.56 bits per heavy atom. The monoisotopic (exact) mass is 477 g/mol. The zero-order valence-corrected chi connectivity index (χ0v) is 19.8. The average Bonchev–Trinajstić information content (AvgIpc) is 3.59. The predicted octanol–water partition coefficient (Wildman–Crippen LogP) is 4.75. The molecule has 5 rings (SSSR count). The number of nitrogens with one attached hydrogen (secondary N) is 1. The van der Waals surface area contributed by atoms with E-state index in [0.717, 1.165) is 55.0 Å². The summed E-state index contributed by atoms with van der Waals surface area (Å²) in [6.45, 7) is 4.32. The van der Waals surface area contributed by atoms with Gasteiger partial charge in [0.05, 0.1) is 6.21 Å². The largest absolute Gasteiger partial charge is 0.489 e. The van der Waals surface area contributed by atoms with Crippen molar-refractivity contribution in [1.82, 2.24) is 15.0 Å². The molecule has 3 heterocycles. The summed E-state index contributed by atoms with van der Waals surface area (Å²) in [5.41, 5.74) is 4.85. The van der Waals surface area contributed by atoms with Gasteiger partial charge in [-0.05, 0) is 49.4 Å². The van der Waals surface area contributed by atoms with Gasteiger partial charge >= 0.3 is 0 Å². The van der Waals surface area contributed by atoms with E-state index in [0.29, 0.717) is 17.6 Å². The maximum atomic E-state index is 6.22. The van der Waals surface area contributed by atoms with Crippen LogP contribution in [0.15, 0.2) is 53.6 Å². The van der Waals surface area contributed by atoms with Gasteiger partial charge in [0.15, 0.2) is 0 Å². The van der Waals surface area contributed by atoms with Crippen molar-refractivity contribution >= 4 is 35.7 Å². The normalized spacial score (nSPS) is 15.9. The van der Waals surface area contributed by atoms with Gasteiger partial charge in [0.1, 0.15) is 12.4 Å². The zero-order valence-electron chi connectivity index (χ0n) is 19.0. The Kier molecular flexibility index (Phi) is 7.05. The predicted molar refractivity (Wildman–Crippen MR) is 136 cm³/mol. The maximum absolute atomic E-state index is 6.22. The molecule has 9 heteroatoms. The number of benzene rings is 2. The van der Waals surface area contributed by atoms with Gasteiger partial charge in [-0.25, -0.2) is 5.43 Å². The third kappa shape index (κ3) is 5.56. The number of rotatable bonds is 8. The van der Waals surface area contributed by atoms with Crippen molar-refractivity contribution in [2.24, 2.45) is 5.10 Å². The maximum Gasteiger partial charge on any atom is 0.250 e. The number of nitrogens with zero attached hydrogens (tertiary/aromatic N) is 6. The summed E-state index contributed by atoms with van der Waals surface area (Å²) in [6.07, 6.45) is 6.40. The zero-order chi connectivity index (χ0) is 23.2. The van der Waals surface area contributed by atoms with Crippen molar-refractivity contribution < 1.29 is 4.74 Å². The summed E-state index contributed by atoms with van der Waals surface area (Å²) < 4.78 is 5.91. The standard InChI is InChI=1S/C25H28ClN7O/c26-22-11-2-1-9-20(22)18-34-21-10-7-8-19(16-21)17-27-31-23-28-24(32-12-3-4-13-32)30-25(29-23)33-14-5-6-15-33/h1-2,7-11,16-17H,3-6,12-15,18H2,(H,28,29,30,31)/b27-17+. The second-order valence-corrected chi connectivity index (χ2v) is 8.88. The fourth-order valence-corrected chi connectivity index (χ4v) is 4.34. The van der Waals surface area contributed by atoms with Crippen molar-refractivity contribution in [3.8, 4) is 5.75 Å². The minimum atomic E-state index is 0.405. The van der Waals surface area contributed by atoms with E-state index >= 15 is 0 Å². The van der Waals surface area contributed by atoms with Crippen molar-refractivity contribution in [2.75, 3.05) is 41.4 Å². The molecule has 0 aliphatic carbocycles. The molecule has 2 fully saturated rings. The van der Waals surface area contributed by atoms with Crippen LogP contribution >= 0.6 is 11.6 Å². The third-order valence-electron chi connectivity index (χ3n) is 5.98. The molecule has 1 aromatic heterocycles. The summed E-state index contributed by atoms with van der Waals surface area (Å²) in [5, 5.41) is 5.08. The van der Waals surface area contributed by atoms with Gasteiger partial charge < -0.3 is 14.5 Å². The van der Waals surface area contributed by atoms with Gasteiger partial charge in [0.2, 0.25) is 17.8 Å². The van der Waals surface area contributed by atoms with Crippen molar-refractivity contribution in [1.29, 1.82) is 0 Å². The van der Waals surface area contributed by atoms with Crippen LogP contribution in [0.3, 0.4) is 0 Å². The quantitative estimate of drug-likeness (QED) is 0.370. The Morgan fingerprint density at radius 3 is 2.24 bits per heavy atom. The van der Waals surface area contributed by atoms with E-state index in [1.54, 1.807) is 6.21 Å². The lowest BCUT2D eigenvalue weighted by molar-refractivity contribution is 0.306. The molecule has 1 N–H and O–H groups in total. The number of aromatic nitrogens is 3. The fraction of sp³-hybridized carbons (Fsp3) is 0.360. The number of anilines is 3. The van der Waals surface area contributed by atoms with Gasteiger partial charge in [-0.15, -0.1) is 0 Å². The van der Waals surface area contributed by atoms with Gasteiger partial charge in [0.25, 0.3) is 0 Å². The van der Waals surface area contributed by atoms with E-state index in [9.17, 15) is 0 Å². The highest BCUT2D eigenvalue weighted by Crippen LogP contribution is 2.23. The average molecular weight is 478 g/mol. The van der Waals surface area contributed by atoms with Crippen molar-refractivity contribution in [3.63, 3.8) is 0 Å². The minimum absolute atomic E-state index is 0.405. The van der Waals surface area contributed by atoms with Gasteiger partial charge in [0, 0.05) is 36.8 Å².